The molecule has 1 aliphatic carbocycles. The van der Waals surface area contributed by atoms with E-state index in [1.807, 2.05) is 6.92 Å². The fourth-order valence-corrected chi connectivity index (χ4v) is 2.86. The Labute approximate surface area is 115 Å². The number of carbonyl (C=O) groups is 1. The molecule has 0 unspecified atom stereocenters. The third-order valence-electron chi connectivity index (χ3n) is 3.93. The summed E-state index contributed by atoms with van der Waals surface area (Å²) in [5, 5.41) is 3.49. The van der Waals surface area contributed by atoms with E-state index in [-0.39, 0.29) is 12.0 Å². The van der Waals surface area contributed by atoms with Crippen LogP contribution in [0, 0.1) is 5.92 Å². The van der Waals surface area contributed by atoms with Gasteiger partial charge in [-0.15, -0.1) is 0 Å². The minimum atomic E-state index is -0.184. The highest BCUT2D eigenvalue weighted by molar-refractivity contribution is 5.76. The van der Waals surface area contributed by atoms with E-state index in [1.165, 1.54) is 6.42 Å². The zero-order valence-electron chi connectivity index (χ0n) is 11.8. The number of nitrogens with one attached hydrogen (secondary N) is 1. The van der Waals surface area contributed by atoms with Crippen LogP contribution >= 0.6 is 0 Å². The Bertz CT molecular complexity index is 311. The second kappa shape index (κ2) is 7.65. The maximum absolute atomic E-state index is 12.2. The van der Waals surface area contributed by atoms with Gasteiger partial charge in [-0.25, -0.2) is 0 Å². The van der Waals surface area contributed by atoms with E-state index < -0.39 is 0 Å². The number of allylic oxidation sites excluding steroid dienone is 1. The minimum absolute atomic E-state index is 0.103. The monoisotopic (exact) mass is 267 g/mol. The average Bonchev–Trinajstić information content (AvgIpc) is 2.47. The molecule has 0 aromatic rings. The molecule has 19 heavy (non-hydrogen) atoms. The normalized spacial score (nSPS) is 26.1. The molecule has 4 heteroatoms. The molecule has 0 spiro atoms. The summed E-state index contributed by atoms with van der Waals surface area (Å²) in [6, 6.07) is 0.127. The summed E-state index contributed by atoms with van der Waals surface area (Å²) in [5.41, 5.74) is 0. The number of rotatable bonds is 5. The standard InChI is InChI=1S/C15H25NO3/c1-2-19-15(17)14(12-8-10-18-11-9-12)16-13-6-4-3-5-7-13/h4,6,12-14,16H,2-3,5,7-11H2,1H3/t13-,14-/m1/s1. The van der Waals surface area contributed by atoms with Crippen LogP contribution in [0.3, 0.4) is 0 Å². The quantitative estimate of drug-likeness (QED) is 0.612. The zero-order chi connectivity index (χ0) is 13.5. The van der Waals surface area contributed by atoms with E-state index in [2.05, 4.69) is 17.5 Å². The topological polar surface area (TPSA) is 47.6 Å². The minimum Gasteiger partial charge on any atom is -0.465 e. The second-order valence-electron chi connectivity index (χ2n) is 5.31. The molecule has 0 amide bonds. The lowest BCUT2D eigenvalue weighted by Crippen LogP contribution is -2.49. The maximum Gasteiger partial charge on any atom is 0.323 e. The lowest BCUT2D eigenvalue weighted by atomic mass is 9.90. The van der Waals surface area contributed by atoms with Crippen molar-refractivity contribution in [2.24, 2.45) is 5.92 Å². The third kappa shape index (κ3) is 4.32. The van der Waals surface area contributed by atoms with Crippen LogP contribution < -0.4 is 5.32 Å². The van der Waals surface area contributed by atoms with Crippen LogP contribution in [-0.4, -0.2) is 37.9 Å². The zero-order valence-corrected chi connectivity index (χ0v) is 11.8. The maximum atomic E-state index is 12.2. The highest BCUT2D eigenvalue weighted by Crippen LogP contribution is 2.22. The molecule has 0 aromatic carbocycles. The van der Waals surface area contributed by atoms with Crippen molar-refractivity contribution in [2.45, 2.75) is 51.1 Å². The molecule has 2 atom stereocenters. The van der Waals surface area contributed by atoms with Gasteiger partial charge in [0.15, 0.2) is 0 Å². The Kier molecular flexibility index (Phi) is 5.86. The number of ether oxygens (including phenoxy) is 2. The summed E-state index contributed by atoms with van der Waals surface area (Å²) in [7, 11) is 0. The molecule has 1 fully saturated rings. The summed E-state index contributed by atoms with van der Waals surface area (Å²) >= 11 is 0. The van der Waals surface area contributed by atoms with Crippen molar-refractivity contribution in [1.82, 2.24) is 5.32 Å². The van der Waals surface area contributed by atoms with Crippen molar-refractivity contribution in [3.05, 3.63) is 12.2 Å². The molecule has 0 aromatic heterocycles. The Morgan fingerprint density at radius 3 is 2.84 bits per heavy atom. The Balaban J connectivity index is 1.97. The lowest BCUT2D eigenvalue weighted by Gasteiger charge is -2.32. The smallest absolute Gasteiger partial charge is 0.323 e. The first-order chi connectivity index (χ1) is 9.31. The van der Waals surface area contributed by atoms with Crippen molar-refractivity contribution < 1.29 is 14.3 Å². The predicted octanol–water partition coefficient (Wildman–Crippen LogP) is 2.04. The predicted molar refractivity (Wildman–Crippen MR) is 73.9 cm³/mol. The van der Waals surface area contributed by atoms with Gasteiger partial charge in [-0.1, -0.05) is 12.2 Å². The molecule has 0 bridgehead atoms. The van der Waals surface area contributed by atoms with Crippen molar-refractivity contribution in [3.8, 4) is 0 Å². The SMILES string of the molecule is CCOC(=O)[C@H](N[C@@H]1C=CCCC1)C1CCOCC1. The molecule has 0 saturated carbocycles. The van der Waals surface area contributed by atoms with Crippen molar-refractivity contribution in [1.29, 1.82) is 0 Å². The van der Waals surface area contributed by atoms with E-state index in [1.54, 1.807) is 0 Å². The van der Waals surface area contributed by atoms with Crippen molar-refractivity contribution in [3.63, 3.8) is 0 Å². The third-order valence-corrected chi connectivity index (χ3v) is 3.93. The van der Waals surface area contributed by atoms with Gasteiger partial charge in [0, 0.05) is 19.3 Å². The van der Waals surface area contributed by atoms with E-state index in [9.17, 15) is 4.79 Å². The van der Waals surface area contributed by atoms with Crippen LogP contribution in [0.15, 0.2) is 12.2 Å². The number of hydrogen-bond donors (Lipinski definition) is 1. The Hall–Kier alpha value is -0.870. The molecular formula is C15H25NO3. The van der Waals surface area contributed by atoms with Gasteiger partial charge in [-0.3, -0.25) is 10.1 Å². The van der Waals surface area contributed by atoms with Crippen LogP contribution in [0.1, 0.15) is 39.0 Å². The van der Waals surface area contributed by atoms with E-state index >= 15 is 0 Å². The molecule has 4 nitrogen and oxygen atoms in total. The van der Waals surface area contributed by atoms with Gasteiger partial charge in [-0.2, -0.15) is 0 Å². The summed E-state index contributed by atoms with van der Waals surface area (Å²) < 4.78 is 10.6. The van der Waals surface area contributed by atoms with Crippen LogP contribution in [0.25, 0.3) is 0 Å². The van der Waals surface area contributed by atoms with Crippen molar-refractivity contribution >= 4 is 5.97 Å². The molecule has 1 heterocycles. The van der Waals surface area contributed by atoms with Crippen LogP contribution in [0.5, 0.6) is 0 Å². The molecule has 1 saturated heterocycles. The molecule has 2 rings (SSSR count). The molecule has 1 aliphatic heterocycles. The average molecular weight is 267 g/mol. The summed E-state index contributed by atoms with van der Waals surface area (Å²) in [4.78, 5) is 12.2. The number of carbonyl (C=O) groups excluding carboxylic acids is 1. The highest BCUT2D eigenvalue weighted by atomic mass is 16.5. The first kappa shape index (κ1) is 14.5. The summed E-state index contributed by atoms with van der Waals surface area (Å²) in [5.74, 6) is 0.233. The molecule has 1 N–H and O–H groups in total. The number of esters is 1. The fourth-order valence-electron chi connectivity index (χ4n) is 2.86. The van der Waals surface area contributed by atoms with E-state index in [0.717, 1.165) is 38.9 Å². The van der Waals surface area contributed by atoms with Gasteiger partial charge in [0.25, 0.3) is 0 Å². The molecule has 2 aliphatic rings. The van der Waals surface area contributed by atoms with Crippen LogP contribution in [0.4, 0.5) is 0 Å². The summed E-state index contributed by atoms with van der Waals surface area (Å²) in [6.45, 7) is 3.81. The van der Waals surface area contributed by atoms with Crippen molar-refractivity contribution in [2.75, 3.05) is 19.8 Å². The van der Waals surface area contributed by atoms with Gasteiger partial charge < -0.3 is 9.47 Å². The fraction of sp³-hybridized carbons (Fsp3) is 0.800. The van der Waals surface area contributed by atoms with Gasteiger partial charge in [0.05, 0.1) is 6.61 Å². The molecular weight excluding hydrogens is 242 g/mol. The highest BCUT2D eigenvalue weighted by Gasteiger charge is 2.32. The van der Waals surface area contributed by atoms with Gasteiger partial charge >= 0.3 is 5.97 Å². The van der Waals surface area contributed by atoms with Gasteiger partial charge in [-0.05, 0) is 44.9 Å². The number of hydrogen-bond acceptors (Lipinski definition) is 4. The van der Waals surface area contributed by atoms with Crippen LogP contribution in [-0.2, 0) is 14.3 Å². The van der Waals surface area contributed by atoms with Gasteiger partial charge in [0.2, 0.25) is 0 Å². The largest absolute Gasteiger partial charge is 0.465 e. The molecule has 0 radical (unpaired) electrons. The first-order valence-electron chi connectivity index (χ1n) is 7.48. The Morgan fingerprint density at radius 2 is 2.21 bits per heavy atom. The van der Waals surface area contributed by atoms with Crippen LogP contribution in [0.2, 0.25) is 0 Å². The first-order valence-corrected chi connectivity index (χ1v) is 7.48. The second-order valence-corrected chi connectivity index (χ2v) is 5.31. The van der Waals surface area contributed by atoms with E-state index in [0.29, 0.717) is 18.6 Å². The van der Waals surface area contributed by atoms with Gasteiger partial charge in [0.1, 0.15) is 6.04 Å². The summed E-state index contributed by atoms with van der Waals surface area (Å²) in [6.07, 6.45) is 9.72. The lowest BCUT2D eigenvalue weighted by molar-refractivity contribution is -0.148. The molecule has 108 valence electrons. The Morgan fingerprint density at radius 1 is 1.42 bits per heavy atom. The van der Waals surface area contributed by atoms with E-state index in [4.69, 9.17) is 9.47 Å².